The SMILES string of the molecule is Cc1ccc(NC(=O)Nc2ccc3c(c2)CCN(C(=O)O[C@H]2CC[C@H](CC(=O)O)CC2)C3)c(C)c1. The molecule has 1 aliphatic carbocycles. The minimum Gasteiger partial charge on any atom is -0.481 e. The van der Waals surface area contributed by atoms with E-state index in [-0.39, 0.29) is 30.6 Å². The molecule has 0 saturated heterocycles. The number of hydrogen-bond acceptors (Lipinski definition) is 4. The minimum atomic E-state index is -0.766. The average molecular weight is 480 g/mol. The molecule has 3 N–H and O–H groups in total. The number of aryl methyl sites for hydroxylation is 2. The van der Waals surface area contributed by atoms with E-state index >= 15 is 0 Å². The van der Waals surface area contributed by atoms with E-state index in [1.54, 1.807) is 4.90 Å². The van der Waals surface area contributed by atoms with Crippen LogP contribution in [-0.4, -0.2) is 40.7 Å². The summed E-state index contributed by atoms with van der Waals surface area (Å²) < 4.78 is 5.72. The number of anilines is 2. The van der Waals surface area contributed by atoms with Gasteiger partial charge in [-0.05, 0) is 86.8 Å². The molecule has 2 aromatic rings. The van der Waals surface area contributed by atoms with Gasteiger partial charge in [0.15, 0.2) is 0 Å². The van der Waals surface area contributed by atoms with Crippen molar-refractivity contribution in [2.45, 2.75) is 65.0 Å². The third-order valence-electron chi connectivity index (χ3n) is 6.89. The molecule has 2 aromatic carbocycles. The minimum absolute atomic E-state index is 0.142. The number of nitrogens with zero attached hydrogens (tertiary/aromatic N) is 1. The second-order valence-electron chi connectivity index (χ2n) is 9.68. The number of fused-ring (bicyclic) bond motifs is 1. The van der Waals surface area contributed by atoms with Gasteiger partial charge in [-0.25, -0.2) is 9.59 Å². The molecular formula is C27H33N3O5. The maximum Gasteiger partial charge on any atom is 0.410 e. The highest BCUT2D eigenvalue weighted by Gasteiger charge is 2.28. The Morgan fingerprint density at radius 3 is 2.49 bits per heavy atom. The highest BCUT2D eigenvalue weighted by molar-refractivity contribution is 6.00. The van der Waals surface area contributed by atoms with Crippen LogP contribution in [0.5, 0.6) is 0 Å². The number of carbonyl (C=O) groups excluding carboxylic acids is 2. The van der Waals surface area contributed by atoms with E-state index in [0.717, 1.165) is 40.8 Å². The summed E-state index contributed by atoms with van der Waals surface area (Å²) in [4.78, 5) is 37.8. The smallest absolute Gasteiger partial charge is 0.410 e. The van der Waals surface area contributed by atoms with Crippen molar-refractivity contribution in [3.05, 3.63) is 58.7 Å². The fourth-order valence-electron chi connectivity index (χ4n) is 4.94. The van der Waals surface area contributed by atoms with Gasteiger partial charge in [0.1, 0.15) is 6.10 Å². The molecule has 0 aromatic heterocycles. The lowest BCUT2D eigenvalue weighted by molar-refractivity contribution is -0.138. The lowest BCUT2D eigenvalue weighted by Crippen LogP contribution is -2.39. The highest BCUT2D eigenvalue weighted by atomic mass is 16.6. The second kappa shape index (κ2) is 10.8. The first-order valence-corrected chi connectivity index (χ1v) is 12.2. The van der Waals surface area contributed by atoms with Crippen LogP contribution in [0.25, 0.3) is 0 Å². The van der Waals surface area contributed by atoms with Crippen molar-refractivity contribution in [1.29, 1.82) is 0 Å². The van der Waals surface area contributed by atoms with Gasteiger partial charge in [0.25, 0.3) is 0 Å². The lowest BCUT2D eigenvalue weighted by Gasteiger charge is -2.32. The Hall–Kier alpha value is -3.55. The average Bonchev–Trinajstić information content (AvgIpc) is 2.81. The molecule has 1 heterocycles. The van der Waals surface area contributed by atoms with E-state index in [1.807, 2.05) is 50.2 Å². The van der Waals surface area contributed by atoms with Crippen molar-refractivity contribution >= 4 is 29.5 Å². The fourth-order valence-corrected chi connectivity index (χ4v) is 4.94. The lowest BCUT2D eigenvalue weighted by atomic mass is 9.85. The van der Waals surface area contributed by atoms with Crippen LogP contribution in [0.3, 0.4) is 0 Å². The number of urea groups is 1. The fraction of sp³-hybridized carbons (Fsp3) is 0.444. The van der Waals surface area contributed by atoms with Gasteiger partial charge in [-0.3, -0.25) is 4.79 Å². The Morgan fingerprint density at radius 1 is 1.00 bits per heavy atom. The monoisotopic (exact) mass is 479 g/mol. The zero-order valence-electron chi connectivity index (χ0n) is 20.3. The van der Waals surface area contributed by atoms with E-state index in [9.17, 15) is 14.4 Å². The summed E-state index contributed by atoms with van der Waals surface area (Å²) in [6.07, 6.45) is 3.40. The summed E-state index contributed by atoms with van der Waals surface area (Å²) in [7, 11) is 0. The number of nitrogens with one attached hydrogen (secondary N) is 2. The molecule has 1 fully saturated rings. The Balaban J connectivity index is 1.28. The maximum absolute atomic E-state index is 12.7. The molecule has 4 rings (SSSR count). The molecule has 8 heteroatoms. The maximum atomic E-state index is 12.7. The van der Waals surface area contributed by atoms with Crippen LogP contribution < -0.4 is 10.6 Å². The number of aliphatic carboxylic acids is 1. The molecule has 3 amide bonds. The Morgan fingerprint density at radius 2 is 1.77 bits per heavy atom. The summed E-state index contributed by atoms with van der Waals surface area (Å²) >= 11 is 0. The van der Waals surface area contributed by atoms with Crippen LogP contribution in [0.4, 0.5) is 21.0 Å². The Bertz CT molecular complexity index is 1110. The van der Waals surface area contributed by atoms with Gasteiger partial charge < -0.3 is 25.4 Å². The molecular weight excluding hydrogens is 446 g/mol. The number of ether oxygens (including phenoxy) is 1. The quantitative estimate of drug-likeness (QED) is 0.527. The van der Waals surface area contributed by atoms with Crippen molar-refractivity contribution in [2.75, 3.05) is 17.2 Å². The van der Waals surface area contributed by atoms with E-state index in [2.05, 4.69) is 10.6 Å². The molecule has 0 atom stereocenters. The topological polar surface area (TPSA) is 108 Å². The summed E-state index contributed by atoms with van der Waals surface area (Å²) in [6.45, 7) is 5.00. The predicted molar refractivity (Wildman–Crippen MR) is 134 cm³/mol. The number of carboxylic acids is 1. The number of benzene rings is 2. The first-order valence-electron chi connectivity index (χ1n) is 12.2. The summed E-state index contributed by atoms with van der Waals surface area (Å²) in [5, 5.41) is 14.7. The Labute approximate surface area is 205 Å². The first-order chi connectivity index (χ1) is 16.8. The molecule has 0 unspecified atom stereocenters. The molecule has 0 radical (unpaired) electrons. The second-order valence-corrected chi connectivity index (χ2v) is 9.68. The van der Waals surface area contributed by atoms with Crippen LogP contribution in [0.1, 0.15) is 54.4 Å². The van der Waals surface area contributed by atoms with Crippen LogP contribution in [0.2, 0.25) is 0 Å². The van der Waals surface area contributed by atoms with E-state index in [0.29, 0.717) is 38.0 Å². The number of hydrogen-bond donors (Lipinski definition) is 3. The summed E-state index contributed by atoms with van der Waals surface area (Å²) in [6, 6.07) is 11.3. The van der Waals surface area contributed by atoms with E-state index < -0.39 is 5.97 Å². The van der Waals surface area contributed by atoms with Gasteiger partial charge in [0.05, 0.1) is 0 Å². The summed E-state index contributed by atoms with van der Waals surface area (Å²) in [5.41, 5.74) is 5.78. The highest BCUT2D eigenvalue weighted by Crippen LogP contribution is 2.30. The van der Waals surface area contributed by atoms with Gasteiger partial charge in [0.2, 0.25) is 0 Å². The van der Waals surface area contributed by atoms with Crippen molar-refractivity contribution in [3.8, 4) is 0 Å². The molecule has 35 heavy (non-hydrogen) atoms. The van der Waals surface area contributed by atoms with Crippen LogP contribution in [0, 0.1) is 19.8 Å². The first kappa shape index (κ1) is 24.6. The number of carbonyl (C=O) groups is 3. The number of amides is 3. The van der Waals surface area contributed by atoms with Gasteiger partial charge in [-0.15, -0.1) is 0 Å². The van der Waals surface area contributed by atoms with Crippen molar-refractivity contribution in [2.24, 2.45) is 5.92 Å². The molecule has 1 saturated carbocycles. The zero-order chi connectivity index (χ0) is 24.9. The third kappa shape index (κ3) is 6.53. The molecule has 0 spiro atoms. The number of rotatable bonds is 5. The number of carboxylic acid groups (broad SMARTS) is 1. The van der Waals surface area contributed by atoms with E-state index in [4.69, 9.17) is 9.84 Å². The van der Waals surface area contributed by atoms with Crippen molar-refractivity contribution in [3.63, 3.8) is 0 Å². The molecule has 186 valence electrons. The van der Waals surface area contributed by atoms with Gasteiger partial charge >= 0.3 is 18.1 Å². The van der Waals surface area contributed by atoms with Gasteiger partial charge in [-0.1, -0.05) is 23.8 Å². The van der Waals surface area contributed by atoms with Gasteiger partial charge in [0, 0.05) is 30.9 Å². The molecule has 1 aliphatic heterocycles. The molecule has 8 nitrogen and oxygen atoms in total. The zero-order valence-corrected chi connectivity index (χ0v) is 20.3. The standard InChI is InChI=1S/C27H33N3O5/c1-17-3-10-24(18(2)13-17)29-26(33)28-22-7-6-21-16-30(12-11-20(21)15-22)27(34)35-23-8-4-19(5-9-23)14-25(31)32/h3,6-7,10,13,15,19,23H,4-5,8-9,11-12,14,16H2,1-2H3,(H,31,32)(H2,28,29,33)/t19-,23-. The van der Waals surface area contributed by atoms with Crippen LogP contribution in [-0.2, 0) is 22.5 Å². The molecule has 2 aliphatic rings. The van der Waals surface area contributed by atoms with Crippen LogP contribution in [0.15, 0.2) is 36.4 Å². The van der Waals surface area contributed by atoms with Crippen molar-refractivity contribution < 1.29 is 24.2 Å². The van der Waals surface area contributed by atoms with Gasteiger partial charge in [-0.2, -0.15) is 0 Å². The Kier molecular flexibility index (Phi) is 7.58. The van der Waals surface area contributed by atoms with E-state index in [1.165, 1.54) is 0 Å². The molecule has 0 bridgehead atoms. The largest absolute Gasteiger partial charge is 0.481 e. The normalized spacial score (nSPS) is 19.4. The van der Waals surface area contributed by atoms with Crippen molar-refractivity contribution in [1.82, 2.24) is 4.90 Å². The van der Waals surface area contributed by atoms with Crippen LogP contribution >= 0.6 is 0 Å². The summed E-state index contributed by atoms with van der Waals surface area (Å²) in [5.74, 6) is -0.590. The predicted octanol–water partition coefficient (Wildman–Crippen LogP) is 5.48. The third-order valence-corrected chi connectivity index (χ3v) is 6.89.